The molecule has 84 valence electrons. The summed E-state index contributed by atoms with van der Waals surface area (Å²) < 4.78 is 1.64. The van der Waals surface area contributed by atoms with Gasteiger partial charge in [-0.3, -0.25) is 9.78 Å². The van der Waals surface area contributed by atoms with Crippen molar-refractivity contribution in [1.82, 2.24) is 19.6 Å². The molecule has 3 aromatic rings. The van der Waals surface area contributed by atoms with Crippen LogP contribution < -0.4 is 11.2 Å². The Morgan fingerprint density at radius 3 is 2.88 bits per heavy atom. The van der Waals surface area contributed by atoms with E-state index in [1.165, 1.54) is 6.20 Å². The average Bonchev–Trinajstić information content (AvgIpc) is 2.77. The Hall–Kier alpha value is -2.63. The van der Waals surface area contributed by atoms with Crippen LogP contribution in [0.5, 0.6) is 0 Å². The van der Waals surface area contributed by atoms with E-state index in [-0.39, 0.29) is 0 Å². The second-order valence-corrected chi connectivity index (χ2v) is 3.56. The number of nitrogens with one attached hydrogen (secondary N) is 2. The van der Waals surface area contributed by atoms with Crippen LogP contribution >= 0.6 is 0 Å². The van der Waals surface area contributed by atoms with Crippen molar-refractivity contribution in [2.45, 2.75) is 0 Å². The molecule has 0 fully saturated rings. The monoisotopic (exact) mass is 228 g/mol. The third kappa shape index (κ3) is 1.46. The number of rotatable bonds is 1. The number of aromatic nitrogens is 4. The van der Waals surface area contributed by atoms with Crippen LogP contribution in [0.3, 0.4) is 0 Å². The highest BCUT2D eigenvalue weighted by Gasteiger charge is 2.07. The molecule has 0 spiro atoms. The van der Waals surface area contributed by atoms with Gasteiger partial charge in [0.25, 0.3) is 5.56 Å². The summed E-state index contributed by atoms with van der Waals surface area (Å²) in [4.78, 5) is 27.3. The van der Waals surface area contributed by atoms with Gasteiger partial charge in [0.2, 0.25) is 0 Å². The minimum Gasteiger partial charge on any atom is -0.313 e. The molecule has 0 bridgehead atoms. The Balaban J connectivity index is 2.38. The molecule has 2 N–H and O–H groups in total. The van der Waals surface area contributed by atoms with Crippen molar-refractivity contribution in [2.75, 3.05) is 0 Å². The zero-order valence-corrected chi connectivity index (χ0v) is 8.68. The second kappa shape index (κ2) is 3.44. The standard InChI is InChI=1S/C11H8N4O2/c16-10-8(6-12-11(17)14-10)9-3-1-2-7-4-5-13-15(7)9/h1-6H,(H2,12,14,16,17). The Labute approximate surface area is 94.6 Å². The molecular formula is C11H8N4O2. The van der Waals surface area contributed by atoms with Gasteiger partial charge >= 0.3 is 5.69 Å². The fourth-order valence-electron chi connectivity index (χ4n) is 1.75. The number of fused-ring (bicyclic) bond motifs is 1. The lowest BCUT2D eigenvalue weighted by atomic mass is 10.2. The van der Waals surface area contributed by atoms with E-state index in [2.05, 4.69) is 15.1 Å². The molecule has 0 aliphatic carbocycles. The van der Waals surface area contributed by atoms with Crippen LogP contribution in [0.4, 0.5) is 0 Å². The van der Waals surface area contributed by atoms with Gasteiger partial charge in [0.1, 0.15) is 0 Å². The van der Waals surface area contributed by atoms with Crippen molar-refractivity contribution >= 4 is 5.52 Å². The number of hydrogen-bond acceptors (Lipinski definition) is 3. The van der Waals surface area contributed by atoms with E-state index in [0.29, 0.717) is 11.3 Å². The fraction of sp³-hybridized carbons (Fsp3) is 0. The zero-order valence-electron chi connectivity index (χ0n) is 8.68. The maximum absolute atomic E-state index is 11.7. The summed E-state index contributed by atoms with van der Waals surface area (Å²) in [5.74, 6) is 0. The Morgan fingerprint density at radius 2 is 2.06 bits per heavy atom. The molecule has 17 heavy (non-hydrogen) atoms. The number of hydrogen-bond donors (Lipinski definition) is 2. The lowest BCUT2D eigenvalue weighted by Crippen LogP contribution is -2.23. The van der Waals surface area contributed by atoms with Gasteiger partial charge in [0.05, 0.1) is 23.0 Å². The largest absolute Gasteiger partial charge is 0.325 e. The fourth-order valence-corrected chi connectivity index (χ4v) is 1.75. The predicted octanol–water partition coefficient (Wildman–Crippen LogP) is 0.378. The van der Waals surface area contributed by atoms with Crippen LogP contribution in [-0.4, -0.2) is 19.6 Å². The Bertz CT molecular complexity index is 797. The van der Waals surface area contributed by atoms with Crippen molar-refractivity contribution < 1.29 is 0 Å². The van der Waals surface area contributed by atoms with Crippen molar-refractivity contribution in [3.8, 4) is 11.3 Å². The van der Waals surface area contributed by atoms with Crippen molar-refractivity contribution in [1.29, 1.82) is 0 Å². The third-order valence-corrected chi connectivity index (χ3v) is 2.52. The summed E-state index contributed by atoms with van der Waals surface area (Å²) in [6, 6.07) is 7.32. The summed E-state index contributed by atoms with van der Waals surface area (Å²) >= 11 is 0. The number of aromatic amines is 2. The molecule has 3 aromatic heterocycles. The molecule has 0 unspecified atom stereocenters. The molecule has 6 heteroatoms. The lowest BCUT2D eigenvalue weighted by Gasteiger charge is -2.02. The van der Waals surface area contributed by atoms with E-state index in [4.69, 9.17) is 0 Å². The summed E-state index contributed by atoms with van der Waals surface area (Å²) in [5.41, 5.74) is 0.931. The maximum Gasteiger partial charge on any atom is 0.325 e. The van der Waals surface area contributed by atoms with Crippen molar-refractivity contribution in [2.24, 2.45) is 0 Å². The maximum atomic E-state index is 11.7. The van der Waals surface area contributed by atoms with Gasteiger partial charge < -0.3 is 4.98 Å². The van der Waals surface area contributed by atoms with Crippen LogP contribution in [0.2, 0.25) is 0 Å². The normalized spacial score (nSPS) is 10.8. The first-order valence-corrected chi connectivity index (χ1v) is 5.01. The predicted molar refractivity (Wildman–Crippen MR) is 61.9 cm³/mol. The SMILES string of the molecule is O=c1[nH]cc(-c2cccc3ccnn23)c(=O)[nH]1. The van der Waals surface area contributed by atoms with E-state index in [1.54, 1.807) is 16.8 Å². The van der Waals surface area contributed by atoms with Crippen molar-refractivity contribution in [3.63, 3.8) is 0 Å². The summed E-state index contributed by atoms with van der Waals surface area (Å²) in [5, 5.41) is 4.13. The van der Waals surface area contributed by atoms with E-state index in [0.717, 1.165) is 5.52 Å². The molecule has 3 heterocycles. The van der Waals surface area contributed by atoms with E-state index in [1.807, 2.05) is 18.2 Å². The summed E-state index contributed by atoms with van der Waals surface area (Å²) in [6.07, 6.45) is 3.04. The number of nitrogens with zero attached hydrogens (tertiary/aromatic N) is 2. The molecule has 0 aliphatic heterocycles. The molecule has 0 aromatic carbocycles. The summed E-state index contributed by atoms with van der Waals surface area (Å²) in [6.45, 7) is 0. The third-order valence-electron chi connectivity index (χ3n) is 2.52. The molecular weight excluding hydrogens is 220 g/mol. The van der Waals surface area contributed by atoms with Gasteiger partial charge in [-0.15, -0.1) is 0 Å². The van der Waals surface area contributed by atoms with Crippen molar-refractivity contribution in [3.05, 3.63) is 57.5 Å². The highest BCUT2D eigenvalue weighted by Crippen LogP contribution is 2.15. The first kappa shape index (κ1) is 9.59. The quantitative estimate of drug-likeness (QED) is 0.631. The Morgan fingerprint density at radius 1 is 1.18 bits per heavy atom. The molecule has 0 aliphatic rings. The smallest absolute Gasteiger partial charge is 0.313 e. The average molecular weight is 228 g/mol. The number of H-pyrrole nitrogens is 2. The first-order valence-electron chi connectivity index (χ1n) is 5.01. The van der Waals surface area contributed by atoms with Crippen LogP contribution in [0.1, 0.15) is 0 Å². The summed E-state index contributed by atoms with van der Waals surface area (Å²) in [7, 11) is 0. The van der Waals surface area contributed by atoms with Crippen LogP contribution in [0, 0.1) is 0 Å². The van der Waals surface area contributed by atoms with E-state index >= 15 is 0 Å². The molecule has 0 saturated heterocycles. The second-order valence-electron chi connectivity index (χ2n) is 3.56. The van der Waals surface area contributed by atoms with Gasteiger partial charge in [-0.25, -0.2) is 9.31 Å². The minimum atomic E-state index is -0.522. The van der Waals surface area contributed by atoms with Crippen LogP contribution in [0.25, 0.3) is 16.8 Å². The van der Waals surface area contributed by atoms with Crippen LogP contribution in [-0.2, 0) is 0 Å². The Kier molecular flexibility index (Phi) is 1.94. The zero-order chi connectivity index (χ0) is 11.8. The highest BCUT2D eigenvalue weighted by molar-refractivity contribution is 5.62. The highest BCUT2D eigenvalue weighted by atomic mass is 16.2. The molecule has 0 radical (unpaired) electrons. The molecule has 0 saturated carbocycles. The lowest BCUT2D eigenvalue weighted by molar-refractivity contribution is 0.955. The van der Waals surface area contributed by atoms with E-state index in [9.17, 15) is 9.59 Å². The van der Waals surface area contributed by atoms with Gasteiger partial charge in [-0.1, -0.05) is 6.07 Å². The van der Waals surface area contributed by atoms with Gasteiger partial charge in [0, 0.05) is 6.20 Å². The molecule has 6 nitrogen and oxygen atoms in total. The van der Waals surface area contributed by atoms with Gasteiger partial charge in [-0.05, 0) is 18.2 Å². The van der Waals surface area contributed by atoms with Crippen LogP contribution in [0.15, 0.2) is 46.2 Å². The topological polar surface area (TPSA) is 83.0 Å². The molecule has 0 atom stereocenters. The minimum absolute atomic E-state index is 0.374. The van der Waals surface area contributed by atoms with Gasteiger partial charge in [-0.2, -0.15) is 5.10 Å². The van der Waals surface area contributed by atoms with Gasteiger partial charge in [0.15, 0.2) is 0 Å². The molecule has 3 rings (SSSR count). The first-order chi connectivity index (χ1) is 8.25. The number of pyridine rings is 1. The van der Waals surface area contributed by atoms with E-state index < -0.39 is 11.2 Å². The molecule has 0 amide bonds.